The lowest BCUT2D eigenvalue weighted by molar-refractivity contribution is 0.177. The van der Waals surface area contributed by atoms with Crippen molar-refractivity contribution in [2.75, 3.05) is 126 Å². The summed E-state index contributed by atoms with van der Waals surface area (Å²) in [6, 6.07) is 47.4. The fourth-order valence-corrected chi connectivity index (χ4v) is 18.3. The van der Waals surface area contributed by atoms with E-state index in [9.17, 15) is 35.7 Å². The number of phenolic OH excluding ortho intramolecular Hbond substituents is 7. The van der Waals surface area contributed by atoms with Crippen LogP contribution < -0.4 is 10.5 Å². The van der Waals surface area contributed by atoms with E-state index in [1.165, 1.54) is 46.2 Å². The highest BCUT2D eigenvalue weighted by Crippen LogP contribution is 2.36. The standard InChI is InChI=1S/2C16H24N2O.C16H20N2O.C15H22N2O.C14H20N2O.C14H18N2O.C14H20N2O.C11H14N2O/c1-11(2)18(12(3)4)9-8-13-10-17-14-6-5-7-15(19)16(13)14;2*1-3-9-18(10-4-2)11-8-13-12-17-14-6-5-7-15(19)16(13)14;1-4-17(11(2)3)9-8-12-10-16-13-6-5-7-14(18)15(12)13;1-10(2)16(3)8-7-11-9-15-12-5-4-6-13(17)14(11)12;1-3-8-16(2)9-7-11-10-15-12-5-4-6-13(17)14(11)12;1-3-16(4-2)9-8-11-10-15-12-6-5-7-13(17)14(11)12;1-14-10-4-2-3-9-11(10)8(5-6-12)7-13-9/h5-7,10-12,17,19H,8-9H2,1-4H3;5-7,12,17,19H,3-4,8-11H2,1-2H3;3-7,12,17,19H,1-2,8-11H2;5-7,10-11,16,18H,4,8-9H2,1-3H3;4-6,9-10,15,17H,7-8H2,1-3H3;3-6,10,15,17H,1,7-9H2,2H3;5-7,10,15,17H,3-4,8-9H2,1-2H3;2-4,7,13H,5-6,12H2,1H3. The smallest absolute Gasteiger partial charge is 0.128 e. The zero-order valence-electron chi connectivity index (χ0n) is 86.3. The molecule has 0 fully saturated rings. The van der Waals surface area contributed by atoms with Gasteiger partial charge in [0.05, 0.1) is 7.11 Å². The number of aromatic hydroxyl groups is 7. The molecule has 0 aliphatic heterocycles. The first kappa shape index (κ1) is 111. The molecule has 24 nitrogen and oxygen atoms in total. The molecule has 0 amide bonds. The monoisotopic (exact) mass is 1910 g/mol. The molecule has 24 heteroatoms. The third-order valence-corrected chi connectivity index (χ3v) is 26.2. The summed E-state index contributed by atoms with van der Waals surface area (Å²) in [5.74, 6) is 3.46. The molecule has 0 aliphatic rings. The van der Waals surface area contributed by atoms with Gasteiger partial charge in [0.2, 0.25) is 0 Å². The predicted molar refractivity (Wildman–Crippen MR) is 590 cm³/mol. The number of nitrogens with one attached hydrogen (secondary N) is 8. The van der Waals surface area contributed by atoms with Gasteiger partial charge in [-0.2, -0.15) is 0 Å². The normalized spacial score (nSPS) is 11.5. The van der Waals surface area contributed by atoms with Crippen LogP contribution in [0.15, 0.2) is 233 Å². The van der Waals surface area contributed by atoms with Crippen molar-refractivity contribution < 1.29 is 40.5 Å². The first-order valence-corrected chi connectivity index (χ1v) is 50.3. The Morgan fingerprint density at radius 3 is 0.843 bits per heavy atom. The molecule has 0 saturated carbocycles. The molecule has 0 bridgehead atoms. The van der Waals surface area contributed by atoms with E-state index in [1.54, 1.807) is 49.6 Å². The highest BCUT2D eigenvalue weighted by Gasteiger charge is 2.20. The first-order valence-electron chi connectivity index (χ1n) is 50.3. The molecule has 16 rings (SSSR count). The van der Waals surface area contributed by atoms with E-state index in [0.29, 0.717) is 71.0 Å². The Morgan fingerprint density at radius 2 is 0.571 bits per heavy atom. The second-order valence-corrected chi connectivity index (χ2v) is 37.1. The predicted octanol–water partition coefficient (Wildman–Crippen LogP) is 23.0. The Kier molecular flexibility index (Phi) is 45.3. The number of H-pyrrole nitrogens is 8. The number of aromatic nitrogens is 8. The van der Waals surface area contributed by atoms with E-state index in [-0.39, 0.29) is 0 Å². The van der Waals surface area contributed by atoms with Crippen LogP contribution in [0.4, 0.5) is 0 Å². The molecule has 8 aromatic carbocycles. The summed E-state index contributed by atoms with van der Waals surface area (Å²) in [7, 11) is 5.88. The van der Waals surface area contributed by atoms with Gasteiger partial charge in [-0.25, -0.2) is 0 Å². The molecule has 754 valence electrons. The van der Waals surface area contributed by atoms with Crippen molar-refractivity contribution in [1.29, 1.82) is 0 Å². The van der Waals surface area contributed by atoms with Gasteiger partial charge in [-0.05, 0) is 315 Å². The van der Waals surface area contributed by atoms with Crippen LogP contribution in [-0.4, -0.2) is 260 Å². The summed E-state index contributed by atoms with van der Waals surface area (Å²) in [6.45, 7) is 55.7. The van der Waals surface area contributed by atoms with Crippen LogP contribution in [0.1, 0.15) is 147 Å². The number of phenols is 7. The number of methoxy groups -OCH3 is 1. The van der Waals surface area contributed by atoms with Crippen LogP contribution in [0.3, 0.4) is 0 Å². The Morgan fingerprint density at radius 1 is 0.300 bits per heavy atom. The lowest BCUT2D eigenvalue weighted by Crippen LogP contribution is -2.38. The Bertz CT molecular complexity index is 6260. The fraction of sp³-hybridized carbons (Fsp3) is 0.397. The Balaban J connectivity index is 0.000000179. The van der Waals surface area contributed by atoms with Gasteiger partial charge in [0.25, 0.3) is 0 Å². The van der Waals surface area contributed by atoms with Crippen LogP contribution in [0.5, 0.6) is 46.0 Å². The summed E-state index contributed by atoms with van der Waals surface area (Å²) < 4.78 is 5.31. The molecule has 8 aromatic heterocycles. The van der Waals surface area contributed by atoms with Crippen molar-refractivity contribution in [2.24, 2.45) is 5.73 Å². The van der Waals surface area contributed by atoms with Gasteiger partial charge >= 0.3 is 0 Å². The lowest BCUT2D eigenvalue weighted by Gasteiger charge is -2.30. The van der Waals surface area contributed by atoms with Crippen molar-refractivity contribution in [2.45, 2.75) is 178 Å². The van der Waals surface area contributed by atoms with Gasteiger partial charge in [-0.3, -0.25) is 9.80 Å². The summed E-state index contributed by atoms with van der Waals surface area (Å²) in [4.78, 5) is 42.3. The summed E-state index contributed by atoms with van der Waals surface area (Å²) >= 11 is 0. The van der Waals surface area contributed by atoms with Crippen molar-refractivity contribution in [3.63, 3.8) is 0 Å². The molecular weight excluding hydrogens is 1750 g/mol. The average molecular weight is 1910 g/mol. The number of ether oxygens (including phenoxy) is 1. The van der Waals surface area contributed by atoms with E-state index >= 15 is 0 Å². The number of nitrogens with zero attached hydrogens (tertiary/aromatic N) is 7. The number of aromatic amines is 8. The van der Waals surface area contributed by atoms with Crippen LogP contribution in [-0.2, 0) is 51.4 Å². The minimum Gasteiger partial charge on any atom is -0.507 e. The van der Waals surface area contributed by atoms with Gasteiger partial charge in [0.15, 0.2) is 0 Å². The topological polar surface area (TPSA) is 326 Å². The van der Waals surface area contributed by atoms with E-state index < -0.39 is 0 Å². The van der Waals surface area contributed by atoms with Crippen molar-refractivity contribution in [3.8, 4) is 46.0 Å². The molecule has 0 saturated heterocycles. The first-order chi connectivity index (χ1) is 67.6. The zero-order chi connectivity index (χ0) is 101. The third kappa shape index (κ3) is 31.4. The number of hydrogen-bond acceptors (Lipinski definition) is 16. The fourth-order valence-electron chi connectivity index (χ4n) is 18.3. The van der Waals surface area contributed by atoms with E-state index in [1.807, 2.05) is 171 Å². The van der Waals surface area contributed by atoms with Crippen molar-refractivity contribution in [3.05, 3.63) is 278 Å². The number of likely N-dealkylation sites (N-methyl/N-ethyl adjacent to an activating group) is 4. The second kappa shape index (κ2) is 57.2. The number of fused-ring (bicyclic) bond motifs is 8. The molecule has 140 heavy (non-hydrogen) atoms. The van der Waals surface area contributed by atoms with E-state index in [4.69, 9.17) is 10.5 Å². The maximum absolute atomic E-state index is 9.99. The second-order valence-electron chi connectivity index (χ2n) is 37.1. The Hall–Kier alpha value is -12.6. The quantitative estimate of drug-likeness (QED) is 0.0158. The number of rotatable bonds is 41. The van der Waals surface area contributed by atoms with Gasteiger partial charge in [-0.1, -0.05) is 101 Å². The number of benzene rings is 8. The number of nitrogens with two attached hydrogens (primary N) is 1. The maximum Gasteiger partial charge on any atom is 0.128 e. The molecule has 16 aromatic rings. The zero-order valence-corrected chi connectivity index (χ0v) is 86.3. The molecule has 0 aliphatic carbocycles. The lowest BCUT2D eigenvalue weighted by atomic mass is 10.1. The molecule has 0 spiro atoms. The van der Waals surface area contributed by atoms with Crippen LogP contribution >= 0.6 is 0 Å². The molecule has 0 unspecified atom stereocenters. The number of hydrogen-bond donors (Lipinski definition) is 16. The van der Waals surface area contributed by atoms with Gasteiger partial charge < -0.3 is 111 Å². The van der Waals surface area contributed by atoms with Crippen molar-refractivity contribution >= 4 is 87.2 Å². The van der Waals surface area contributed by atoms with Gasteiger partial charge in [0, 0.05) is 226 Å². The molecule has 17 N–H and O–H groups in total. The summed E-state index contributed by atoms with van der Waals surface area (Å²) in [5.41, 5.74) is 23.2. The molecule has 8 heterocycles. The summed E-state index contributed by atoms with van der Waals surface area (Å²) in [6.07, 6.45) is 31.6. The highest BCUT2D eigenvalue weighted by molar-refractivity contribution is 5.94. The van der Waals surface area contributed by atoms with Crippen LogP contribution in [0.25, 0.3) is 87.2 Å². The Labute approximate surface area is 830 Å². The van der Waals surface area contributed by atoms with Crippen LogP contribution in [0.2, 0.25) is 0 Å². The third-order valence-electron chi connectivity index (χ3n) is 26.2. The molecule has 0 radical (unpaired) electrons. The average Bonchev–Trinajstić information content (AvgIpc) is 1.68. The van der Waals surface area contributed by atoms with Crippen LogP contribution in [0, 0.1) is 0 Å². The van der Waals surface area contributed by atoms with Gasteiger partial charge in [0.1, 0.15) is 46.0 Å². The minimum atomic E-state index is 0.341. The van der Waals surface area contributed by atoms with Gasteiger partial charge in [-0.15, -0.1) is 19.7 Å². The SMILES string of the molecule is C=CCN(C)CCc1c[nH]c2cccc(O)c12.C=CCN(CC=C)CCc1c[nH]c2cccc(O)c12.CC(C)N(C)CCc1c[nH]c2cccc(O)c12.CC(C)N(CCc1c[nH]c2cccc(O)c12)C(C)C.CCCN(CCC)CCc1c[nH]c2cccc(O)c12.CCN(CC)CCc1c[nH]c2cccc(O)c12.CCN(CCc1c[nH]c2cccc(O)c12)C(C)C.COc1cccc2[nH]cc(CCN)c12. The highest BCUT2D eigenvalue weighted by atomic mass is 16.5. The molecular formula is C116H162N16O8. The van der Waals surface area contributed by atoms with E-state index in [2.05, 4.69) is 198 Å². The van der Waals surface area contributed by atoms with E-state index in [0.717, 1.165) is 254 Å². The minimum absolute atomic E-state index is 0.341. The summed E-state index contributed by atoms with van der Waals surface area (Å²) in [5, 5.41) is 77.4. The van der Waals surface area contributed by atoms with Crippen molar-refractivity contribution in [1.82, 2.24) is 74.2 Å². The largest absolute Gasteiger partial charge is 0.507 e. The molecule has 0 atom stereocenters. The maximum atomic E-state index is 9.99.